The lowest BCUT2D eigenvalue weighted by molar-refractivity contribution is 0.154. The Balaban J connectivity index is 1.87. The van der Waals surface area contributed by atoms with Crippen molar-refractivity contribution in [3.63, 3.8) is 0 Å². The van der Waals surface area contributed by atoms with Gasteiger partial charge in [-0.25, -0.2) is 8.42 Å². The van der Waals surface area contributed by atoms with Crippen LogP contribution in [0.3, 0.4) is 0 Å². The van der Waals surface area contributed by atoms with E-state index in [1.165, 1.54) is 0 Å². The Morgan fingerprint density at radius 2 is 1.89 bits per heavy atom. The molecule has 0 spiro atoms. The van der Waals surface area contributed by atoms with Gasteiger partial charge in [-0.1, -0.05) is 0 Å². The molecule has 2 saturated heterocycles. The number of rotatable bonds is 4. The van der Waals surface area contributed by atoms with Gasteiger partial charge in [-0.15, -0.1) is 0 Å². The van der Waals surface area contributed by atoms with Crippen LogP contribution in [0.2, 0.25) is 0 Å². The summed E-state index contributed by atoms with van der Waals surface area (Å²) in [6.45, 7) is 8.28. The zero-order valence-corrected chi connectivity index (χ0v) is 12.2. The topological polar surface area (TPSA) is 52.7 Å². The molecule has 18 heavy (non-hydrogen) atoms. The fraction of sp³-hybridized carbons (Fsp3) is 1.00. The molecule has 0 bridgehead atoms. The molecule has 1 N–H and O–H groups in total. The molecule has 0 saturated carbocycles. The van der Waals surface area contributed by atoms with Gasteiger partial charge in [0.15, 0.2) is 0 Å². The Hall–Kier alpha value is -0.170. The Labute approximate surface area is 111 Å². The third kappa shape index (κ3) is 3.44. The number of nitrogens with one attached hydrogen (secondary N) is 1. The second-order valence-electron chi connectivity index (χ2n) is 5.60. The van der Waals surface area contributed by atoms with Gasteiger partial charge >= 0.3 is 0 Å². The van der Waals surface area contributed by atoms with Gasteiger partial charge < -0.3 is 5.32 Å². The minimum atomic E-state index is -3.07. The molecule has 0 aromatic heterocycles. The van der Waals surface area contributed by atoms with E-state index in [-0.39, 0.29) is 11.8 Å². The number of piperazine rings is 1. The van der Waals surface area contributed by atoms with Gasteiger partial charge in [-0.3, -0.25) is 4.90 Å². The predicted molar refractivity (Wildman–Crippen MR) is 73.1 cm³/mol. The molecule has 1 atom stereocenters. The van der Waals surface area contributed by atoms with Crippen molar-refractivity contribution in [2.24, 2.45) is 0 Å². The average Bonchev–Trinajstić information content (AvgIpc) is 2.81. The lowest BCUT2D eigenvalue weighted by Gasteiger charge is -2.36. The lowest BCUT2D eigenvalue weighted by atomic mass is 10.3. The molecular formula is C12H25N3O2S. The summed E-state index contributed by atoms with van der Waals surface area (Å²) in [5, 5.41) is 3.26. The molecule has 0 amide bonds. The highest BCUT2D eigenvalue weighted by molar-refractivity contribution is 7.89. The van der Waals surface area contributed by atoms with E-state index >= 15 is 0 Å². The summed E-state index contributed by atoms with van der Waals surface area (Å²) in [5.41, 5.74) is 0. The molecule has 2 aliphatic heterocycles. The highest BCUT2D eigenvalue weighted by Gasteiger charge is 2.30. The van der Waals surface area contributed by atoms with E-state index in [0.717, 1.165) is 32.5 Å². The maximum absolute atomic E-state index is 12.3. The first kappa shape index (κ1) is 14.2. The highest BCUT2D eigenvalue weighted by atomic mass is 32.2. The van der Waals surface area contributed by atoms with E-state index in [9.17, 15) is 8.42 Å². The molecular weight excluding hydrogens is 250 g/mol. The first-order valence-corrected chi connectivity index (χ1v) is 8.55. The Morgan fingerprint density at radius 1 is 1.22 bits per heavy atom. The third-order valence-electron chi connectivity index (χ3n) is 3.97. The first-order valence-electron chi connectivity index (χ1n) is 6.94. The van der Waals surface area contributed by atoms with Gasteiger partial charge in [0.25, 0.3) is 0 Å². The van der Waals surface area contributed by atoms with Gasteiger partial charge in [-0.2, -0.15) is 4.31 Å². The van der Waals surface area contributed by atoms with E-state index in [0.29, 0.717) is 19.1 Å². The highest BCUT2D eigenvalue weighted by Crippen LogP contribution is 2.14. The van der Waals surface area contributed by atoms with Crippen LogP contribution in [0.5, 0.6) is 0 Å². The Morgan fingerprint density at radius 3 is 2.39 bits per heavy atom. The average molecular weight is 275 g/mol. The fourth-order valence-corrected chi connectivity index (χ4v) is 4.48. The minimum absolute atomic E-state index is 0.165. The first-order chi connectivity index (χ1) is 8.49. The molecule has 2 fully saturated rings. The number of hydrogen-bond donors (Lipinski definition) is 1. The molecule has 2 heterocycles. The fourth-order valence-electron chi connectivity index (χ4n) is 2.76. The maximum atomic E-state index is 12.3. The molecule has 6 heteroatoms. The predicted octanol–water partition coefficient (Wildman–Crippen LogP) is 0.0942. The summed E-state index contributed by atoms with van der Waals surface area (Å²) >= 11 is 0. The molecule has 0 aromatic carbocycles. The van der Waals surface area contributed by atoms with E-state index < -0.39 is 10.0 Å². The summed E-state index contributed by atoms with van der Waals surface area (Å²) in [6, 6.07) is 0.671. The van der Waals surface area contributed by atoms with E-state index in [2.05, 4.69) is 24.1 Å². The van der Waals surface area contributed by atoms with Crippen LogP contribution in [0.4, 0.5) is 0 Å². The third-order valence-corrected chi connectivity index (χ3v) is 5.95. The van der Waals surface area contributed by atoms with Crippen LogP contribution in [0.25, 0.3) is 0 Å². The van der Waals surface area contributed by atoms with Crippen LogP contribution in [-0.2, 0) is 10.0 Å². The second-order valence-corrected chi connectivity index (χ2v) is 7.61. The Bertz CT molecular complexity index is 356. The van der Waals surface area contributed by atoms with E-state index in [1.54, 1.807) is 4.31 Å². The van der Waals surface area contributed by atoms with Crippen molar-refractivity contribution in [2.75, 3.05) is 38.5 Å². The van der Waals surface area contributed by atoms with Crippen LogP contribution in [0.15, 0.2) is 0 Å². The van der Waals surface area contributed by atoms with Crippen molar-refractivity contribution in [1.29, 1.82) is 0 Å². The van der Waals surface area contributed by atoms with Crippen molar-refractivity contribution in [3.05, 3.63) is 0 Å². The number of sulfonamides is 1. The summed E-state index contributed by atoms with van der Waals surface area (Å²) < 4.78 is 26.2. The Kier molecular flexibility index (Phi) is 4.64. The maximum Gasteiger partial charge on any atom is 0.215 e. The summed E-state index contributed by atoms with van der Waals surface area (Å²) in [4.78, 5) is 2.33. The van der Waals surface area contributed by atoms with Gasteiger partial charge in [0.05, 0.1) is 5.75 Å². The number of hydrogen-bond acceptors (Lipinski definition) is 4. The van der Waals surface area contributed by atoms with Crippen molar-refractivity contribution in [3.8, 4) is 0 Å². The molecule has 2 aliphatic rings. The van der Waals surface area contributed by atoms with Gasteiger partial charge in [-0.05, 0) is 33.2 Å². The van der Waals surface area contributed by atoms with E-state index in [1.807, 2.05) is 0 Å². The SMILES string of the molecule is CC(C)N1CCN(S(=O)(=O)CC2CCCN2)CC1. The van der Waals surface area contributed by atoms with Gasteiger partial charge in [0.1, 0.15) is 0 Å². The molecule has 0 radical (unpaired) electrons. The van der Waals surface area contributed by atoms with Crippen LogP contribution in [0, 0.1) is 0 Å². The zero-order valence-electron chi connectivity index (χ0n) is 11.4. The minimum Gasteiger partial charge on any atom is -0.313 e. The van der Waals surface area contributed by atoms with E-state index in [4.69, 9.17) is 0 Å². The molecule has 5 nitrogen and oxygen atoms in total. The molecule has 1 unspecified atom stereocenters. The number of nitrogens with zero attached hydrogens (tertiary/aromatic N) is 2. The van der Waals surface area contributed by atoms with Crippen molar-refractivity contribution in [2.45, 2.75) is 38.8 Å². The summed E-state index contributed by atoms with van der Waals surface area (Å²) in [6.07, 6.45) is 2.09. The molecule has 2 rings (SSSR count). The second kappa shape index (κ2) is 5.86. The lowest BCUT2D eigenvalue weighted by Crippen LogP contribution is -2.52. The van der Waals surface area contributed by atoms with Crippen LogP contribution >= 0.6 is 0 Å². The van der Waals surface area contributed by atoms with Crippen molar-refractivity contribution < 1.29 is 8.42 Å². The normalized spacial score (nSPS) is 28.1. The van der Waals surface area contributed by atoms with Gasteiger partial charge in [0.2, 0.25) is 10.0 Å². The van der Waals surface area contributed by atoms with Gasteiger partial charge in [0, 0.05) is 38.3 Å². The van der Waals surface area contributed by atoms with Crippen LogP contribution in [-0.4, -0.2) is 68.2 Å². The summed E-state index contributed by atoms with van der Waals surface area (Å²) in [5.74, 6) is 0.272. The molecule has 0 aromatic rings. The summed E-state index contributed by atoms with van der Waals surface area (Å²) in [7, 11) is -3.07. The van der Waals surface area contributed by atoms with Crippen LogP contribution in [0.1, 0.15) is 26.7 Å². The molecule has 106 valence electrons. The van der Waals surface area contributed by atoms with Crippen LogP contribution < -0.4 is 5.32 Å². The largest absolute Gasteiger partial charge is 0.313 e. The monoisotopic (exact) mass is 275 g/mol. The zero-order chi connectivity index (χ0) is 13.2. The standard InChI is InChI=1S/C12H25N3O2S/c1-11(2)14-6-8-15(9-7-14)18(16,17)10-12-4-3-5-13-12/h11-13H,3-10H2,1-2H3. The molecule has 0 aliphatic carbocycles. The smallest absolute Gasteiger partial charge is 0.215 e. The van der Waals surface area contributed by atoms with Crippen molar-refractivity contribution >= 4 is 10.0 Å². The van der Waals surface area contributed by atoms with Crippen molar-refractivity contribution in [1.82, 2.24) is 14.5 Å². The quantitative estimate of drug-likeness (QED) is 0.790.